The van der Waals surface area contributed by atoms with Crippen LogP contribution in [0.3, 0.4) is 0 Å². The molecule has 0 fully saturated rings. The molecule has 196 valence electrons. The van der Waals surface area contributed by atoms with Crippen LogP contribution in [-0.4, -0.2) is 20.8 Å². The van der Waals surface area contributed by atoms with Gasteiger partial charge in [-0.2, -0.15) is 5.26 Å². The van der Waals surface area contributed by atoms with Gasteiger partial charge in [-0.1, -0.05) is 53.5 Å². The summed E-state index contributed by atoms with van der Waals surface area (Å²) in [6.45, 7) is 1.77. The first-order valence-electron chi connectivity index (χ1n) is 11.2. The van der Waals surface area contributed by atoms with Crippen LogP contribution in [0.4, 0.5) is 23.0 Å². The van der Waals surface area contributed by atoms with Gasteiger partial charge in [0.25, 0.3) is 5.91 Å². The van der Waals surface area contributed by atoms with Crippen LogP contribution in [0.2, 0.25) is 10.0 Å². The van der Waals surface area contributed by atoms with Crippen molar-refractivity contribution in [1.29, 1.82) is 5.26 Å². The number of amides is 1. The van der Waals surface area contributed by atoms with Gasteiger partial charge in [0.05, 0.1) is 22.5 Å². The highest BCUT2D eigenvalue weighted by molar-refractivity contribution is 9.10. The maximum absolute atomic E-state index is 12.5. The summed E-state index contributed by atoms with van der Waals surface area (Å²) < 4.78 is 0.550. The van der Waals surface area contributed by atoms with Crippen molar-refractivity contribution in [3.8, 4) is 6.07 Å². The van der Waals surface area contributed by atoms with E-state index in [0.717, 1.165) is 11.9 Å². The van der Waals surface area contributed by atoms with Crippen LogP contribution in [0.25, 0.3) is 0 Å². The number of hydrazine groups is 1. The number of nitrogens with zero attached hydrogens (tertiary/aromatic N) is 4. The summed E-state index contributed by atoms with van der Waals surface area (Å²) in [7, 11) is 0. The van der Waals surface area contributed by atoms with Gasteiger partial charge in [0, 0.05) is 20.2 Å². The van der Waals surface area contributed by atoms with Crippen molar-refractivity contribution in [3.05, 3.63) is 114 Å². The lowest BCUT2D eigenvalue weighted by Gasteiger charge is -2.17. The molecular weight excluding hydrogens is 609 g/mol. The molecule has 1 heterocycles. The smallest absolute Gasteiger partial charge is 0.334 e. The highest BCUT2D eigenvalue weighted by Gasteiger charge is 2.25. The van der Waals surface area contributed by atoms with Crippen molar-refractivity contribution in [2.24, 2.45) is 0 Å². The van der Waals surface area contributed by atoms with Crippen molar-refractivity contribution >= 4 is 68.0 Å². The van der Waals surface area contributed by atoms with E-state index in [1.807, 2.05) is 0 Å². The van der Waals surface area contributed by atoms with E-state index < -0.39 is 22.4 Å². The van der Waals surface area contributed by atoms with Gasteiger partial charge in [0.2, 0.25) is 11.6 Å². The Hall–Kier alpha value is -4.24. The molecule has 0 radical (unpaired) electrons. The number of carbonyl (C=O) groups is 1. The van der Waals surface area contributed by atoms with Gasteiger partial charge in [0.1, 0.15) is 6.33 Å². The Morgan fingerprint density at radius 2 is 1.79 bits per heavy atom. The van der Waals surface area contributed by atoms with Crippen LogP contribution in [0.5, 0.6) is 0 Å². The quantitative estimate of drug-likeness (QED) is 0.141. The molecule has 1 unspecified atom stereocenters. The molecule has 0 aliphatic heterocycles. The minimum absolute atomic E-state index is 0.130. The van der Waals surface area contributed by atoms with Crippen molar-refractivity contribution in [3.63, 3.8) is 0 Å². The van der Waals surface area contributed by atoms with Gasteiger partial charge in [0.15, 0.2) is 0 Å². The second-order valence-electron chi connectivity index (χ2n) is 8.16. The Balaban J connectivity index is 1.61. The average molecular weight is 627 g/mol. The summed E-state index contributed by atoms with van der Waals surface area (Å²) >= 11 is 15.8. The van der Waals surface area contributed by atoms with Crippen LogP contribution >= 0.6 is 39.1 Å². The lowest BCUT2D eigenvalue weighted by molar-refractivity contribution is -0.383. The highest BCUT2D eigenvalue weighted by Crippen LogP contribution is 2.37. The van der Waals surface area contributed by atoms with E-state index in [-0.39, 0.29) is 16.7 Å². The molecule has 1 atom stereocenters. The molecule has 0 aliphatic carbocycles. The van der Waals surface area contributed by atoms with Crippen LogP contribution in [-0.2, 0) is 0 Å². The molecule has 39 heavy (non-hydrogen) atoms. The number of aryl methyl sites for hydroxylation is 1. The highest BCUT2D eigenvalue weighted by atomic mass is 79.9. The number of hydrogen-bond acceptors (Lipinski definition) is 8. The van der Waals surface area contributed by atoms with E-state index in [9.17, 15) is 20.2 Å². The zero-order valence-corrected chi connectivity index (χ0v) is 23.2. The fraction of sp³-hybridized carbons (Fsp3) is 0.0769. The number of anilines is 3. The molecular formula is C26H18BrCl2N7O3. The Kier molecular flexibility index (Phi) is 8.61. The fourth-order valence-electron chi connectivity index (χ4n) is 3.73. The number of nitriles is 1. The molecule has 13 heteroatoms. The second-order valence-corrected chi connectivity index (χ2v) is 9.86. The number of nitro groups is 1. The third kappa shape index (κ3) is 6.26. The van der Waals surface area contributed by atoms with Crippen LogP contribution in [0.1, 0.15) is 33.0 Å². The molecule has 0 aliphatic rings. The van der Waals surface area contributed by atoms with E-state index in [4.69, 9.17) is 23.2 Å². The molecule has 0 bridgehead atoms. The number of halogens is 3. The van der Waals surface area contributed by atoms with E-state index in [2.05, 4.69) is 48.1 Å². The number of nitrogens with one attached hydrogen (secondary N) is 3. The first-order valence-corrected chi connectivity index (χ1v) is 12.8. The largest absolute Gasteiger partial charge is 0.355 e. The minimum atomic E-state index is -0.674. The van der Waals surface area contributed by atoms with Crippen molar-refractivity contribution < 1.29 is 9.72 Å². The molecule has 3 N–H and O–H groups in total. The molecule has 10 nitrogen and oxygen atoms in total. The summed E-state index contributed by atoms with van der Waals surface area (Å²) in [5.74, 6) is -1.55. The SMILES string of the molecule is Cc1cc(C(C#N)c2ccc(Cl)cc2)c(Cl)cc1Nc1ncnc(NNC(=O)c2ccccc2Br)c1[N+](=O)[O-]. The molecule has 0 spiro atoms. The first-order chi connectivity index (χ1) is 18.7. The lowest BCUT2D eigenvalue weighted by atomic mass is 9.91. The predicted molar refractivity (Wildman–Crippen MR) is 152 cm³/mol. The van der Waals surface area contributed by atoms with Crippen molar-refractivity contribution in [1.82, 2.24) is 15.4 Å². The summed E-state index contributed by atoms with van der Waals surface area (Å²) in [6.07, 6.45) is 1.11. The zero-order chi connectivity index (χ0) is 28.1. The number of hydrogen-bond donors (Lipinski definition) is 3. The summed E-state index contributed by atoms with van der Waals surface area (Å²) in [6, 6.07) is 19.2. The van der Waals surface area contributed by atoms with Crippen LogP contribution < -0.4 is 16.2 Å². The average Bonchev–Trinajstić information content (AvgIpc) is 2.91. The zero-order valence-electron chi connectivity index (χ0n) is 20.1. The normalized spacial score (nSPS) is 11.3. The Bertz CT molecular complexity index is 1610. The van der Waals surface area contributed by atoms with E-state index >= 15 is 0 Å². The maximum Gasteiger partial charge on any atom is 0.355 e. The van der Waals surface area contributed by atoms with Crippen molar-refractivity contribution in [2.75, 3.05) is 10.7 Å². The maximum atomic E-state index is 12.5. The number of benzene rings is 3. The first kappa shape index (κ1) is 27.8. The van der Waals surface area contributed by atoms with Gasteiger partial charge in [-0.15, -0.1) is 0 Å². The Morgan fingerprint density at radius 3 is 2.46 bits per heavy atom. The Morgan fingerprint density at radius 1 is 1.10 bits per heavy atom. The lowest BCUT2D eigenvalue weighted by Crippen LogP contribution is -2.30. The minimum Gasteiger partial charge on any atom is -0.334 e. The number of carbonyl (C=O) groups excluding carboxylic acids is 1. The van der Waals surface area contributed by atoms with Crippen LogP contribution in [0.15, 0.2) is 71.5 Å². The van der Waals surface area contributed by atoms with Gasteiger partial charge in [-0.25, -0.2) is 9.97 Å². The summed E-state index contributed by atoms with van der Waals surface area (Å²) in [4.78, 5) is 31.8. The van der Waals surface area contributed by atoms with E-state index in [1.165, 1.54) is 0 Å². The third-order valence-corrected chi connectivity index (χ3v) is 6.93. The molecule has 3 aromatic carbocycles. The topological polar surface area (TPSA) is 146 Å². The molecule has 0 saturated heterocycles. The van der Waals surface area contributed by atoms with Gasteiger partial charge >= 0.3 is 5.69 Å². The van der Waals surface area contributed by atoms with Crippen LogP contribution in [0, 0.1) is 28.4 Å². The van der Waals surface area contributed by atoms with Gasteiger partial charge in [-0.3, -0.25) is 25.8 Å². The monoisotopic (exact) mass is 625 g/mol. The van der Waals surface area contributed by atoms with Gasteiger partial charge < -0.3 is 5.32 Å². The standard InChI is InChI=1S/C26H18BrCl2N7O3/c1-14-10-18(19(12-30)15-6-8-16(28)9-7-15)21(29)11-22(14)33-24-23(36(38)39)25(32-13-31-24)34-35-26(37)17-4-2-3-5-20(17)27/h2-11,13,19H,1H3,(H,35,37)(H2,31,32,33,34). The molecule has 4 aromatic rings. The predicted octanol–water partition coefficient (Wildman–Crippen LogP) is 6.92. The van der Waals surface area contributed by atoms with E-state index in [0.29, 0.717) is 31.9 Å². The molecule has 1 amide bonds. The number of aromatic nitrogens is 2. The summed E-state index contributed by atoms with van der Waals surface area (Å²) in [5, 5.41) is 25.6. The second kappa shape index (κ2) is 12.1. The molecule has 0 saturated carbocycles. The number of rotatable bonds is 8. The fourth-order valence-corrected chi connectivity index (χ4v) is 4.59. The Labute approximate surface area is 241 Å². The van der Waals surface area contributed by atoms with Crippen molar-refractivity contribution in [2.45, 2.75) is 12.8 Å². The van der Waals surface area contributed by atoms with E-state index in [1.54, 1.807) is 67.6 Å². The molecule has 4 rings (SSSR count). The van der Waals surface area contributed by atoms with Gasteiger partial charge in [-0.05, 0) is 69.9 Å². The summed E-state index contributed by atoms with van der Waals surface area (Å²) in [5.41, 5.74) is 7.11. The third-order valence-electron chi connectivity index (χ3n) is 5.66. The molecule has 1 aromatic heterocycles.